The second-order valence-corrected chi connectivity index (χ2v) is 7.05. The van der Waals surface area contributed by atoms with Crippen molar-refractivity contribution in [2.45, 2.75) is 44.8 Å². The second-order valence-electron chi connectivity index (χ2n) is 7.05. The summed E-state index contributed by atoms with van der Waals surface area (Å²) in [4.78, 5) is 17.1. The fraction of sp³-hybridized carbons (Fsp3) is 0.650. The van der Waals surface area contributed by atoms with Gasteiger partial charge >= 0.3 is 6.03 Å². The molecule has 0 radical (unpaired) electrons. The van der Waals surface area contributed by atoms with Gasteiger partial charge in [-0.3, -0.25) is 0 Å². The smallest absolute Gasteiger partial charge is 0.321 e. The first-order chi connectivity index (χ1) is 12.7. The topological polar surface area (TPSA) is 54.0 Å². The van der Waals surface area contributed by atoms with Crippen LogP contribution in [0.4, 0.5) is 10.5 Å². The van der Waals surface area contributed by atoms with E-state index in [2.05, 4.69) is 10.2 Å². The molecule has 1 aromatic rings. The van der Waals surface area contributed by atoms with E-state index >= 15 is 0 Å². The number of anilines is 1. The quantitative estimate of drug-likeness (QED) is 0.875. The summed E-state index contributed by atoms with van der Waals surface area (Å²) >= 11 is 0. The summed E-state index contributed by atoms with van der Waals surface area (Å²) in [6, 6.07) is 8.15. The number of piperidine rings is 2. The Morgan fingerprint density at radius 2 is 1.81 bits per heavy atom. The highest BCUT2D eigenvalue weighted by Gasteiger charge is 2.29. The molecule has 2 heterocycles. The zero-order valence-corrected chi connectivity index (χ0v) is 15.9. The normalized spacial score (nSPS) is 20.2. The molecule has 0 spiro atoms. The van der Waals surface area contributed by atoms with Crippen LogP contribution in [0.15, 0.2) is 24.3 Å². The molecule has 0 unspecified atom stereocenters. The summed E-state index contributed by atoms with van der Waals surface area (Å²) in [6.07, 6.45) is 4.73. The highest BCUT2D eigenvalue weighted by atomic mass is 16.5. The van der Waals surface area contributed by atoms with Crippen molar-refractivity contribution in [1.82, 2.24) is 9.80 Å². The molecule has 26 heavy (non-hydrogen) atoms. The zero-order chi connectivity index (χ0) is 18.4. The number of likely N-dealkylation sites (tertiary alicyclic amines) is 2. The van der Waals surface area contributed by atoms with Gasteiger partial charge in [0, 0.05) is 39.3 Å². The lowest BCUT2D eigenvalue weighted by molar-refractivity contribution is 0.0173. The minimum absolute atomic E-state index is 0.0336. The Balaban J connectivity index is 1.48. The fourth-order valence-corrected chi connectivity index (χ4v) is 3.96. The van der Waals surface area contributed by atoms with E-state index in [4.69, 9.17) is 9.47 Å². The largest absolute Gasteiger partial charge is 0.492 e. The minimum atomic E-state index is -0.0336. The van der Waals surface area contributed by atoms with Crippen molar-refractivity contribution < 1.29 is 14.3 Å². The number of nitrogens with zero attached hydrogens (tertiary/aromatic N) is 2. The summed E-state index contributed by atoms with van der Waals surface area (Å²) in [5.74, 6) is 0.722. The van der Waals surface area contributed by atoms with Crippen LogP contribution in [0.5, 0.6) is 5.75 Å². The van der Waals surface area contributed by atoms with Crippen LogP contribution in [0.2, 0.25) is 0 Å². The van der Waals surface area contributed by atoms with Crippen molar-refractivity contribution in [1.29, 1.82) is 0 Å². The third-order valence-electron chi connectivity index (χ3n) is 5.51. The van der Waals surface area contributed by atoms with Crippen molar-refractivity contribution in [3.63, 3.8) is 0 Å². The molecule has 6 heteroatoms. The van der Waals surface area contributed by atoms with Crippen LogP contribution in [0.25, 0.3) is 0 Å². The molecule has 2 fully saturated rings. The van der Waals surface area contributed by atoms with Gasteiger partial charge in [-0.25, -0.2) is 4.79 Å². The molecule has 144 valence electrons. The predicted octanol–water partition coefficient (Wildman–Crippen LogP) is 3.19. The third kappa shape index (κ3) is 4.68. The molecular weight excluding hydrogens is 330 g/mol. The van der Waals surface area contributed by atoms with E-state index in [0.29, 0.717) is 18.8 Å². The van der Waals surface area contributed by atoms with Crippen LogP contribution in [0.1, 0.15) is 32.6 Å². The number of hydrogen-bond donors (Lipinski definition) is 1. The molecule has 0 aromatic heterocycles. The van der Waals surface area contributed by atoms with E-state index in [0.717, 1.165) is 63.3 Å². The maximum Gasteiger partial charge on any atom is 0.321 e. The maximum absolute atomic E-state index is 12.6. The van der Waals surface area contributed by atoms with E-state index in [1.807, 2.05) is 36.1 Å². The highest BCUT2D eigenvalue weighted by Crippen LogP contribution is 2.26. The first kappa shape index (κ1) is 19.0. The van der Waals surface area contributed by atoms with Gasteiger partial charge in [-0.15, -0.1) is 0 Å². The van der Waals surface area contributed by atoms with E-state index in [9.17, 15) is 4.79 Å². The first-order valence-electron chi connectivity index (χ1n) is 9.76. The Kier molecular flexibility index (Phi) is 6.74. The number of nitrogens with one attached hydrogen (secondary N) is 1. The number of rotatable bonds is 5. The van der Waals surface area contributed by atoms with Gasteiger partial charge in [-0.2, -0.15) is 0 Å². The molecule has 6 nitrogen and oxygen atoms in total. The number of amides is 2. The highest BCUT2D eigenvalue weighted by molar-refractivity contribution is 5.91. The van der Waals surface area contributed by atoms with Crippen molar-refractivity contribution >= 4 is 11.7 Å². The monoisotopic (exact) mass is 361 g/mol. The van der Waals surface area contributed by atoms with Crippen molar-refractivity contribution in [2.24, 2.45) is 0 Å². The second kappa shape index (κ2) is 9.24. The Bertz CT molecular complexity index is 579. The van der Waals surface area contributed by atoms with E-state index in [1.54, 1.807) is 7.11 Å². The van der Waals surface area contributed by atoms with Crippen molar-refractivity contribution in [3.8, 4) is 5.75 Å². The van der Waals surface area contributed by atoms with Gasteiger partial charge in [0.1, 0.15) is 5.75 Å². The van der Waals surface area contributed by atoms with Gasteiger partial charge in [0.2, 0.25) is 0 Å². The van der Waals surface area contributed by atoms with Crippen LogP contribution >= 0.6 is 0 Å². The van der Waals surface area contributed by atoms with Crippen LogP contribution in [-0.2, 0) is 4.74 Å². The molecule has 2 aliphatic rings. The first-order valence-corrected chi connectivity index (χ1v) is 9.76. The number of urea groups is 1. The van der Waals surface area contributed by atoms with Crippen LogP contribution in [0, 0.1) is 0 Å². The van der Waals surface area contributed by atoms with Gasteiger partial charge in [-0.05, 0) is 44.7 Å². The number of carbonyl (C=O) groups is 1. The predicted molar refractivity (Wildman–Crippen MR) is 103 cm³/mol. The van der Waals surface area contributed by atoms with Gasteiger partial charge < -0.3 is 24.6 Å². The Morgan fingerprint density at radius 3 is 2.46 bits per heavy atom. The van der Waals surface area contributed by atoms with Crippen molar-refractivity contribution in [2.75, 3.05) is 45.2 Å². The molecule has 1 N–H and O–H groups in total. The number of ether oxygens (including phenoxy) is 2. The number of carbonyl (C=O) groups excluding carboxylic acids is 1. The standard InChI is InChI=1S/C20H31N3O3/c1-3-26-19-7-5-4-6-18(19)21-20(24)23-12-8-16(9-13-23)22-14-10-17(25-2)11-15-22/h4-7,16-17H,3,8-15H2,1-2H3,(H,21,24). The summed E-state index contributed by atoms with van der Waals surface area (Å²) in [7, 11) is 1.81. The Labute approximate surface area is 156 Å². The van der Waals surface area contributed by atoms with Gasteiger partial charge in [-0.1, -0.05) is 12.1 Å². The molecule has 2 aliphatic heterocycles. The molecule has 0 aliphatic carbocycles. The molecule has 0 saturated carbocycles. The number of methoxy groups -OCH3 is 1. The van der Waals surface area contributed by atoms with Crippen LogP contribution < -0.4 is 10.1 Å². The lowest BCUT2D eigenvalue weighted by Gasteiger charge is -2.41. The lowest BCUT2D eigenvalue weighted by atomic mass is 9.99. The summed E-state index contributed by atoms with van der Waals surface area (Å²) in [5, 5.41) is 3.00. The summed E-state index contributed by atoms with van der Waals surface area (Å²) < 4.78 is 11.1. The zero-order valence-electron chi connectivity index (χ0n) is 15.9. The van der Waals surface area contributed by atoms with Gasteiger partial charge in [0.05, 0.1) is 18.4 Å². The summed E-state index contributed by atoms with van der Waals surface area (Å²) in [5.41, 5.74) is 0.739. The van der Waals surface area contributed by atoms with E-state index < -0.39 is 0 Å². The van der Waals surface area contributed by atoms with E-state index in [1.165, 1.54) is 0 Å². The Hall–Kier alpha value is -1.79. The fourth-order valence-electron chi connectivity index (χ4n) is 3.96. The van der Waals surface area contributed by atoms with Gasteiger partial charge in [0.25, 0.3) is 0 Å². The molecule has 2 saturated heterocycles. The maximum atomic E-state index is 12.6. The SMILES string of the molecule is CCOc1ccccc1NC(=O)N1CCC(N2CCC(OC)CC2)CC1. The molecule has 3 rings (SSSR count). The minimum Gasteiger partial charge on any atom is -0.492 e. The number of hydrogen-bond acceptors (Lipinski definition) is 4. The van der Waals surface area contributed by atoms with Crippen LogP contribution in [-0.4, -0.2) is 67.9 Å². The van der Waals surface area contributed by atoms with Crippen molar-refractivity contribution in [3.05, 3.63) is 24.3 Å². The average molecular weight is 361 g/mol. The average Bonchev–Trinajstić information content (AvgIpc) is 2.70. The molecule has 0 bridgehead atoms. The summed E-state index contributed by atoms with van der Waals surface area (Å²) in [6.45, 7) is 6.35. The Morgan fingerprint density at radius 1 is 1.12 bits per heavy atom. The molecule has 0 atom stereocenters. The third-order valence-corrected chi connectivity index (χ3v) is 5.51. The number of para-hydroxylation sites is 2. The molecular formula is C20H31N3O3. The molecule has 1 aromatic carbocycles. The van der Waals surface area contributed by atoms with Crippen LogP contribution in [0.3, 0.4) is 0 Å². The lowest BCUT2D eigenvalue weighted by Crippen LogP contribution is -2.50. The molecule has 2 amide bonds. The van der Waals surface area contributed by atoms with Gasteiger partial charge in [0.15, 0.2) is 0 Å². The van der Waals surface area contributed by atoms with E-state index in [-0.39, 0.29) is 6.03 Å². The number of benzene rings is 1.